The van der Waals surface area contributed by atoms with Crippen molar-refractivity contribution >= 4 is 9.84 Å². The maximum Gasteiger partial charge on any atom is 0.224 e. The number of aromatic nitrogens is 1. The third kappa shape index (κ3) is 2.65. The van der Waals surface area contributed by atoms with Crippen molar-refractivity contribution < 1.29 is 8.42 Å². The summed E-state index contributed by atoms with van der Waals surface area (Å²) in [5.74, 6) is 0. The molecule has 1 aromatic heterocycles. The number of benzene rings is 2. The molecular weight excluding hydrogens is 294 g/mol. The van der Waals surface area contributed by atoms with Crippen LogP contribution in [0.15, 0.2) is 82.8 Å². The highest BCUT2D eigenvalue weighted by atomic mass is 32.2. The second-order valence-electron chi connectivity index (χ2n) is 5.04. The van der Waals surface area contributed by atoms with Crippen molar-refractivity contribution in [3.63, 3.8) is 0 Å². The molecule has 110 valence electrons. The number of pyridine rings is 1. The van der Waals surface area contributed by atoms with E-state index in [0.29, 0.717) is 5.56 Å². The third-order valence-electron chi connectivity index (χ3n) is 3.42. The fourth-order valence-electron chi connectivity index (χ4n) is 2.34. The van der Waals surface area contributed by atoms with Crippen LogP contribution in [0.5, 0.6) is 0 Å². The van der Waals surface area contributed by atoms with Gasteiger partial charge in [0.2, 0.25) is 9.84 Å². The van der Waals surface area contributed by atoms with Gasteiger partial charge in [0, 0.05) is 11.8 Å². The number of rotatable bonds is 3. The minimum atomic E-state index is -3.65. The zero-order valence-electron chi connectivity index (χ0n) is 12.1. The molecule has 0 aliphatic rings. The molecule has 0 fully saturated rings. The van der Waals surface area contributed by atoms with E-state index in [1.54, 1.807) is 18.2 Å². The first-order valence-corrected chi connectivity index (χ1v) is 8.39. The molecule has 2 aromatic carbocycles. The van der Waals surface area contributed by atoms with Gasteiger partial charge in [-0.15, -0.1) is 0 Å². The average Bonchev–Trinajstić information content (AvgIpc) is 2.56. The highest BCUT2D eigenvalue weighted by Gasteiger charge is 2.23. The minimum absolute atomic E-state index is 0.0658. The quantitative estimate of drug-likeness (QED) is 0.737. The maximum absolute atomic E-state index is 12.9. The Morgan fingerprint density at radius 2 is 1.59 bits per heavy atom. The molecule has 0 unspecified atom stereocenters. The predicted octanol–water partition coefficient (Wildman–Crippen LogP) is 3.89. The fraction of sp³-hybridized carbons (Fsp3) is 0.0556. The van der Waals surface area contributed by atoms with Gasteiger partial charge in [-0.2, -0.15) is 0 Å². The standard InChI is InChI=1S/C18H15NO2S/c1-14-10-11-17(16(13-14)15-7-3-2-4-8-15)22(20,21)18-9-5-6-12-19-18/h2-13H,1H3. The van der Waals surface area contributed by atoms with E-state index >= 15 is 0 Å². The van der Waals surface area contributed by atoms with Gasteiger partial charge in [-0.05, 0) is 30.7 Å². The molecule has 0 saturated carbocycles. The van der Waals surface area contributed by atoms with Gasteiger partial charge in [0.25, 0.3) is 0 Å². The average molecular weight is 309 g/mol. The minimum Gasteiger partial charge on any atom is -0.244 e. The van der Waals surface area contributed by atoms with Crippen LogP contribution in [0.4, 0.5) is 0 Å². The molecule has 4 heteroatoms. The van der Waals surface area contributed by atoms with E-state index in [1.165, 1.54) is 12.3 Å². The first kappa shape index (κ1) is 14.5. The lowest BCUT2D eigenvalue weighted by atomic mass is 10.0. The zero-order valence-corrected chi connectivity index (χ0v) is 12.9. The van der Waals surface area contributed by atoms with E-state index in [4.69, 9.17) is 0 Å². The Morgan fingerprint density at radius 1 is 0.864 bits per heavy atom. The smallest absolute Gasteiger partial charge is 0.224 e. The first-order valence-electron chi connectivity index (χ1n) is 6.91. The lowest BCUT2D eigenvalue weighted by Gasteiger charge is -2.11. The van der Waals surface area contributed by atoms with Crippen molar-refractivity contribution in [3.8, 4) is 11.1 Å². The molecule has 3 nitrogen and oxygen atoms in total. The molecule has 0 aliphatic carbocycles. The molecule has 0 bridgehead atoms. The van der Waals surface area contributed by atoms with E-state index in [2.05, 4.69) is 4.98 Å². The summed E-state index contributed by atoms with van der Waals surface area (Å²) in [6, 6.07) is 19.8. The summed E-state index contributed by atoms with van der Waals surface area (Å²) in [6.45, 7) is 1.95. The number of hydrogen-bond donors (Lipinski definition) is 0. The van der Waals surface area contributed by atoms with Gasteiger partial charge in [0.15, 0.2) is 5.03 Å². The van der Waals surface area contributed by atoms with Gasteiger partial charge in [-0.25, -0.2) is 13.4 Å². The zero-order chi connectivity index (χ0) is 15.6. The first-order chi connectivity index (χ1) is 10.6. The van der Waals surface area contributed by atoms with E-state index < -0.39 is 9.84 Å². The van der Waals surface area contributed by atoms with Crippen molar-refractivity contribution in [2.24, 2.45) is 0 Å². The van der Waals surface area contributed by atoms with Crippen molar-refractivity contribution in [1.29, 1.82) is 0 Å². The maximum atomic E-state index is 12.9. The van der Waals surface area contributed by atoms with Crippen molar-refractivity contribution in [3.05, 3.63) is 78.5 Å². The lowest BCUT2D eigenvalue weighted by Crippen LogP contribution is -2.06. The largest absolute Gasteiger partial charge is 0.244 e. The predicted molar refractivity (Wildman–Crippen MR) is 86.3 cm³/mol. The summed E-state index contributed by atoms with van der Waals surface area (Å²) in [7, 11) is -3.65. The topological polar surface area (TPSA) is 47.0 Å². The van der Waals surface area contributed by atoms with Gasteiger partial charge in [0.1, 0.15) is 0 Å². The third-order valence-corrected chi connectivity index (χ3v) is 5.15. The molecule has 0 saturated heterocycles. The SMILES string of the molecule is Cc1ccc(S(=O)(=O)c2ccccn2)c(-c2ccccc2)c1. The number of sulfone groups is 1. The van der Waals surface area contributed by atoms with Crippen LogP contribution >= 0.6 is 0 Å². The summed E-state index contributed by atoms with van der Waals surface area (Å²) in [4.78, 5) is 4.28. The van der Waals surface area contributed by atoms with E-state index in [9.17, 15) is 8.42 Å². The Bertz CT molecular complexity index is 889. The molecule has 0 spiro atoms. The van der Waals surface area contributed by atoms with Crippen LogP contribution in [0.25, 0.3) is 11.1 Å². The van der Waals surface area contributed by atoms with Crippen LogP contribution < -0.4 is 0 Å². The second-order valence-corrected chi connectivity index (χ2v) is 6.90. The molecule has 0 amide bonds. The molecule has 3 aromatic rings. The van der Waals surface area contributed by atoms with Crippen LogP contribution in [0.2, 0.25) is 0 Å². The summed E-state index contributed by atoms with van der Waals surface area (Å²) in [5, 5.41) is 0.0658. The molecule has 22 heavy (non-hydrogen) atoms. The van der Waals surface area contributed by atoms with Gasteiger partial charge in [0.05, 0.1) is 4.90 Å². The number of hydrogen-bond acceptors (Lipinski definition) is 3. The van der Waals surface area contributed by atoms with E-state index in [0.717, 1.165) is 11.1 Å². The van der Waals surface area contributed by atoms with Gasteiger partial charge in [-0.1, -0.05) is 54.1 Å². The van der Waals surface area contributed by atoms with Gasteiger partial charge >= 0.3 is 0 Å². The molecule has 0 radical (unpaired) electrons. The van der Waals surface area contributed by atoms with Gasteiger partial charge < -0.3 is 0 Å². The van der Waals surface area contributed by atoms with Crippen LogP contribution in [0.1, 0.15) is 5.56 Å². The molecule has 1 heterocycles. The molecular formula is C18H15NO2S. The molecule has 0 aliphatic heterocycles. The molecule has 0 N–H and O–H groups in total. The Kier molecular flexibility index (Phi) is 3.77. The summed E-state index contributed by atoms with van der Waals surface area (Å²) >= 11 is 0. The highest BCUT2D eigenvalue weighted by molar-refractivity contribution is 7.91. The molecule has 0 atom stereocenters. The van der Waals surface area contributed by atoms with E-state index in [1.807, 2.05) is 49.4 Å². The normalized spacial score (nSPS) is 11.3. The summed E-state index contributed by atoms with van der Waals surface area (Å²) < 4.78 is 25.8. The number of nitrogens with zero attached hydrogens (tertiary/aromatic N) is 1. The van der Waals surface area contributed by atoms with Gasteiger partial charge in [-0.3, -0.25) is 0 Å². The summed E-state index contributed by atoms with van der Waals surface area (Å²) in [5.41, 5.74) is 2.59. The Balaban J connectivity index is 2.25. The number of aryl methyl sites for hydroxylation is 1. The lowest BCUT2D eigenvalue weighted by molar-refractivity contribution is 0.592. The Morgan fingerprint density at radius 3 is 2.27 bits per heavy atom. The second kappa shape index (κ2) is 5.73. The van der Waals surface area contributed by atoms with Crippen molar-refractivity contribution in [2.75, 3.05) is 0 Å². The van der Waals surface area contributed by atoms with Crippen LogP contribution in [-0.2, 0) is 9.84 Å². The highest BCUT2D eigenvalue weighted by Crippen LogP contribution is 2.31. The van der Waals surface area contributed by atoms with E-state index in [-0.39, 0.29) is 9.92 Å². The monoisotopic (exact) mass is 309 g/mol. The van der Waals surface area contributed by atoms with Crippen molar-refractivity contribution in [2.45, 2.75) is 16.8 Å². The molecule has 3 rings (SSSR count). The van der Waals surface area contributed by atoms with Crippen molar-refractivity contribution in [1.82, 2.24) is 4.98 Å². The fourth-order valence-corrected chi connectivity index (χ4v) is 3.74. The Hall–Kier alpha value is -2.46. The van der Waals surface area contributed by atoms with Crippen LogP contribution in [-0.4, -0.2) is 13.4 Å². The Labute approximate surface area is 130 Å². The van der Waals surface area contributed by atoms with Crippen LogP contribution in [0, 0.1) is 6.92 Å². The van der Waals surface area contributed by atoms with Crippen LogP contribution in [0.3, 0.4) is 0 Å². The summed E-state index contributed by atoms with van der Waals surface area (Å²) in [6.07, 6.45) is 1.49.